The van der Waals surface area contributed by atoms with Gasteiger partial charge in [-0.25, -0.2) is 0 Å². The number of hydrogen-bond acceptors (Lipinski definition) is 4. The Morgan fingerprint density at radius 1 is 1.24 bits per heavy atom. The monoisotopic (exact) mass is 406 g/mol. The third-order valence-corrected chi connectivity index (χ3v) is 7.69. The Bertz CT molecular complexity index is 406. The molecule has 0 spiro atoms. The fraction of sp³-hybridized carbons (Fsp3) is 0.938. The van der Waals surface area contributed by atoms with Gasteiger partial charge < -0.3 is 10.5 Å². The van der Waals surface area contributed by atoms with E-state index in [0.29, 0.717) is 33.9 Å². The molecule has 1 aliphatic carbocycles. The molecular weight excluding hydrogens is 379 g/mol. The first-order valence-corrected chi connectivity index (χ1v) is 9.47. The zero-order chi connectivity index (χ0) is 15.1. The molecule has 3 rings (SSSR count). The molecule has 0 aromatic carbocycles. The molecule has 0 radical (unpaired) electrons. The molecule has 21 heavy (non-hydrogen) atoms. The molecule has 7 atom stereocenters. The second-order valence-corrected chi connectivity index (χ2v) is 8.77. The molecule has 0 aromatic rings. The van der Waals surface area contributed by atoms with E-state index >= 15 is 0 Å². The molecule has 3 fully saturated rings. The molecule has 0 amide bonds. The molecule has 1 saturated carbocycles. The van der Waals surface area contributed by atoms with Gasteiger partial charge in [-0.05, 0) is 57.4 Å². The summed E-state index contributed by atoms with van der Waals surface area (Å²) in [5.74, 6) is 1.22. The van der Waals surface area contributed by atoms with Crippen LogP contribution in [0.2, 0.25) is 0 Å². The highest BCUT2D eigenvalue weighted by Crippen LogP contribution is 2.48. The fourth-order valence-electron chi connectivity index (χ4n) is 5.02. The summed E-state index contributed by atoms with van der Waals surface area (Å²) in [6.45, 7) is 0. The van der Waals surface area contributed by atoms with E-state index < -0.39 is 0 Å². The smallest absolute Gasteiger partial charge is 0.310 e. The maximum atomic E-state index is 12.4. The van der Waals surface area contributed by atoms with Crippen molar-refractivity contribution in [3.8, 4) is 0 Å². The maximum absolute atomic E-state index is 12.4. The number of hydrogen-bond donors (Lipinski definition) is 1. The van der Waals surface area contributed by atoms with Gasteiger partial charge in [-0.1, -0.05) is 22.6 Å². The second-order valence-electron chi connectivity index (χ2n) is 7.17. The predicted octanol–water partition coefficient (Wildman–Crippen LogP) is 2.19. The summed E-state index contributed by atoms with van der Waals surface area (Å²) in [5.41, 5.74) is 6.17. The second kappa shape index (κ2) is 6.32. The molecule has 3 aliphatic rings. The largest absolute Gasteiger partial charge is 0.469 e. The summed E-state index contributed by atoms with van der Waals surface area (Å²) in [7, 11) is 3.73. The first-order chi connectivity index (χ1) is 10.0. The molecule has 4 nitrogen and oxygen atoms in total. The van der Waals surface area contributed by atoms with Gasteiger partial charge in [0.15, 0.2) is 0 Å². The van der Waals surface area contributed by atoms with Crippen LogP contribution in [0.15, 0.2) is 0 Å². The molecule has 120 valence electrons. The topological polar surface area (TPSA) is 55.6 Å². The van der Waals surface area contributed by atoms with Crippen LogP contribution in [-0.4, -0.2) is 47.1 Å². The van der Waals surface area contributed by atoms with Crippen molar-refractivity contribution >= 4 is 28.6 Å². The number of ether oxygens (including phenoxy) is 1. The third kappa shape index (κ3) is 2.85. The van der Waals surface area contributed by atoms with E-state index in [2.05, 4.69) is 34.5 Å². The molecule has 2 bridgehead atoms. The van der Waals surface area contributed by atoms with Crippen LogP contribution in [0.25, 0.3) is 0 Å². The standard InChI is InChI=1S/C16H27IN2O2/c1-19-10-4-6-14(19)15(16(20)21-2)11(8-10)9-3-5-13(18)12(17)7-9/h9-15H,3-8,18H2,1-2H3/t9?,10-,11-,12?,13?,14?,15?/m1/s1. The summed E-state index contributed by atoms with van der Waals surface area (Å²) in [6, 6.07) is 1.40. The molecule has 0 aromatic heterocycles. The van der Waals surface area contributed by atoms with E-state index in [1.54, 1.807) is 7.11 Å². The van der Waals surface area contributed by atoms with Crippen LogP contribution in [0.5, 0.6) is 0 Å². The Labute approximate surface area is 141 Å². The summed E-state index contributed by atoms with van der Waals surface area (Å²) < 4.78 is 5.72. The lowest BCUT2D eigenvalue weighted by atomic mass is 9.68. The lowest BCUT2D eigenvalue weighted by Crippen LogP contribution is -2.53. The maximum Gasteiger partial charge on any atom is 0.310 e. The molecule has 5 unspecified atom stereocenters. The van der Waals surface area contributed by atoms with Crippen molar-refractivity contribution in [2.75, 3.05) is 14.2 Å². The number of nitrogens with zero attached hydrogens (tertiary/aromatic N) is 1. The van der Waals surface area contributed by atoms with Gasteiger partial charge in [0.05, 0.1) is 13.0 Å². The molecule has 2 N–H and O–H groups in total. The minimum Gasteiger partial charge on any atom is -0.469 e. The van der Waals surface area contributed by atoms with Crippen molar-refractivity contribution in [1.82, 2.24) is 4.90 Å². The lowest BCUT2D eigenvalue weighted by Gasteiger charge is -2.46. The van der Waals surface area contributed by atoms with Gasteiger partial charge in [0, 0.05) is 22.1 Å². The Balaban J connectivity index is 1.80. The van der Waals surface area contributed by atoms with Crippen LogP contribution in [0.4, 0.5) is 0 Å². The Morgan fingerprint density at radius 2 is 2.00 bits per heavy atom. The number of carbonyl (C=O) groups is 1. The Hall–Kier alpha value is 0.120. The summed E-state index contributed by atoms with van der Waals surface area (Å²) in [5, 5.41) is 0. The quantitative estimate of drug-likeness (QED) is 0.434. The van der Waals surface area contributed by atoms with Crippen LogP contribution in [-0.2, 0) is 9.53 Å². The van der Waals surface area contributed by atoms with Crippen LogP contribution >= 0.6 is 22.6 Å². The van der Waals surface area contributed by atoms with Gasteiger partial charge in [0.2, 0.25) is 0 Å². The number of carbonyl (C=O) groups excluding carboxylic acids is 1. The number of rotatable bonds is 2. The number of halogens is 1. The molecular formula is C16H27IN2O2. The van der Waals surface area contributed by atoms with Crippen LogP contribution in [0, 0.1) is 17.8 Å². The first kappa shape index (κ1) is 16.0. The number of fused-ring (bicyclic) bond motifs is 2. The lowest BCUT2D eigenvalue weighted by molar-refractivity contribution is -0.154. The number of nitrogens with two attached hydrogens (primary N) is 1. The first-order valence-electron chi connectivity index (χ1n) is 8.22. The van der Waals surface area contributed by atoms with E-state index in [-0.39, 0.29) is 11.9 Å². The SMILES string of the molecule is COC(=O)C1C2CC[C@H](C[C@@H]1C1CCC(N)C(I)C1)N2C. The van der Waals surface area contributed by atoms with E-state index in [4.69, 9.17) is 10.5 Å². The van der Waals surface area contributed by atoms with E-state index in [1.165, 1.54) is 19.3 Å². The van der Waals surface area contributed by atoms with Crippen LogP contribution < -0.4 is 5.73 Å². The van der Waals surface area contributed by atoms with Gasteiger partial charge in [0.1, 0.15) is 0 Å². The van der Waals surface area contributed by atoms with Crippen molar-refractivity contribution in [2.24, 2.45) is 23.5 Å². The van der Waals surface area contributed by atoms with Gasteiger partial charge in [-0.15, -0.1) is 0 Å². The third-order valence-electron chi connectivity index (χ3n) is 6.26. The van der Waals surface area contributed by atoms with Crippen LogP contribution in [0.1, 0.15) is 38.5 Å². The minimum absolute atomic E-state index is 0.0112. The van der Waals surface area contributed by atoms with Gasteiger partial charge in [-0.2, -0.15) is 0 Å². The van der Waals surface area contributed by atoms with Crippen molar-refractivity contribution in [2.45, 2.75) is 60.6 Å². The van der Waals surface area contributed by atoms with Gasteiger partial charge >= 0.3 is 5.97 Å². The van der Waals surface area contributed by atoms with Gasteiger partial charge in [0.25, 0.3) is 0 Å². The van der Waals surface area contributed by atoms with Crippen molar-refractivity contribution in [3.63, 3.8) is 0 Å². The minimum atomic E-state index is 0.0112. The molecule has 2 aliphatic heterocycles. The number of alkyl halides is 1. The van der Waals surface area contributed by atoms with Gasteiger partial charge in [-0.3, -0.25) is 9.69 Å². The Morgan fingerprint density at radius 3 is 2.67 bits per heavy atom. The summed E-state index contributed by atoms with van der Waals surface area (Å²) in [6.07, 6.45) is 7.01. The summed E-state index contributed by atoms with van der Waals surface area (Å²) >= 11 is 2.51. The average Bonchev–Trinajstić information content (AvgIpc) is 2.72. The molecule has 2 saturated heterocycles. The van der Waals surface area contributed by atoms with Crippen molar-refractivity contribution in [3.05, 3.63) is 0 Å². The zero-order valence-corrected chi connectivity index (χ0v) is 15.2. The number of esters is 1. The van der Waals surface area contributed by atoms with Crippen LogP contribution in [0.3, 0.4) is 0 Å². The average molecular weight is 406 g/mol. The highest BCUT2D eigenvalue weighted by Gasteiger charge is 2.51. The summed E-state index contributed by atoms with van der Waals surface area (Å²) in [4.78, 5) is 14.9. The van der Waals surface area contributed by atoms with Crippen molar-refractivity contribution in [1.29, 1.82) is 0 Å². The zero-order valence-electron chi connectivity index (χ0n) is 13.0. The van der Waals surface area contributed by atoms with E-state index in [1.807, 2.05) is 0 Å². The predicted molar refractivity (Wildman–Crippen MR) is 91.3 cm³/mol. The fourth-order valence-corrected chi connectivity index (χ4v) is 6.03. The number of piperidine rings is 1. The highest BCUT2D eigenvalue weighted by atomic mass is 127. The molecule has 2 heterocycles. The van der Waals surface area contributed by atoms with E-state index in [9.17, 15) is 4.79 Å². The van der Waals surface area contributed by atoms with Crippen molar-refractivity contribution < 1.29 is 9.53 Å². The number of methoxy groups -OCH3 is 1. The Kier molecular flexibility index (Phi) is 4.81. The normalized spacial score (nSPS) is 47.3. The molecule has 5 heteroatoms. The highest BCUT2D eigenvalue weighted by molar-refractivity contribution is 14.1. The van der Waals surface area contributed by atoms with E-state index in [0.717, 1.165) is 19.3 Å².